The smallest absolute Gasteiger partial charge is 0.259 e. The van der Waals surface area contributed by atoms with Gasteiger partial charge in [0.2, 0.25) is 0 Å². The molecule has 5 heteroatoms. The summed E-state index contributed by atoms with van der Waals surface area (Å²) < 4.78 is 5.90. The highest BCUT2D eigenvalue weighted by atomic mass is 16.5. The second-order valence-electron chi connectivity index (χ2n) is 7.12. The quantitative estimate of drug-likeness (QED) is 0.883. The number of fused-ring (bicyclic) bond motifs is 1. The maximum absolute atomic E-state index is 12.8. The van der Waals surface area contributed by atoms with E-state index in [2.05, 4.69) is 17.6 Å². The first-order valence-electron chi connectivity index (χ1n) is 9.05. The van der Waals surface area contributed by atoms with E-state index in [9.17, 15) is 9.59 Å². The molecule has 2 atom stereocenters. The maximum atomic E-state index is 12.8. The Morgan fingerprint density at radius 3 is 2.58 bits per heavy atom. The number of carbonyl (C=O) groups is 2. The molecule has 4 rings (SSSR count). The van der Waals surface area contributed by atoms with Gasteiger partial charge in [-0.15, -0.1) is 0 Å². The van der Waals surface area contributed by atoms with E-state index in [1.165, 1.54) is 0 Å². The number of hydrogen-bond acceptors (Lipinski definition) is 3. The highest BCUT2D eigenvalue weighted by Gasteiger charge is 2.31. The van der Waals surface area contributed by atoms with E-state index >= 15 is 0 Å². The van der Waals surface area contributed by atoms with Crippen molar-refractivity contribution in [2.45, 2.75) is 44.8 Å². The van der Waals surface area contributed by atoms with E-state index < -0.39 is 0 Å². The lowest BCUT2D eigenvalue weighted by Gasteiger charge is -2.11. The molecule has 1 saturated carbocycles. The summed E-state index contributed by atoms with van der Waals surface area (Å²) in [6.45, 7) is 4.11. The molecule has 0 saturated heterocycles. The Labute approximate surface area is 152 Å². The van der Waals surface area contributed by atoms with Crippen molar-refractivity contribution in [3.05, 3.63) is 59.2 Å². The van der Waals surface area contributed by atoms with E-state index in [0.717, 1.165) is 18.4 Å². The summed E-state index contributed by atoms with van der Waals surface area (Å²) in [5, 5.41) is 5.84. The van der Waals surface area contributed by atoms with Gasteiger partial charge in [-0.1, -0.05) is 25.1 Å². The van der Waals surface area contributed by atoms with E-state index in [1.54, 1.807) is 30.3 Å². The van der Waals surface area contributed by atoms with Gasteiger partial charge in [-0.3, -0.25) is 9.59 Å². The van der Waals surface area contributed by atoms with Crippen LogP contribution in [0.2, 0.25) is 0 Å². The molecule has 2 amide bonds. The highest BCUT2D eigenvalue weighted by molar-refractivity contribution is 6.07. The predicted octanol–water partition coefficient (Wildman–Crippen LogP) is 3.72. The molecule has 1 heterocycles. The number of nitrogens with one attached hydrogen (secondary N) is 2. The van der Waals surface area contributed by atoms with Crippen molar-refractivity contribution in [3.63, 3.8) is 0 Å². The van der Waals surface area contributed by atoms with Gasteiger partial charge in [0, 0.05) is 28.8 Å². The molecule has 2 aromatic carbocycles. The van der Waals surface area contributed by atoms with Crippen LogP contribution in [-0.2, 0) is 0 Å². The molecule has 2 aliphatic rings. The van der Waals surface area contributed by atoms with Gasteiger partial charge in [0.25, 0.3) is 11.8 Å². The minimum Gasteiger partial charge on any atom is -0.489 e. The van der Waals surface area contributed by atoms with Gasteiger partial charge >= 0.3 is 0 Å². The maximum Gasteiger partial charge on any atom is 0.259 e. The number of rotatable bonds is 4. The van der Waals surface area contributed by atoms with Crippen molar-refractivity contribution in [1.29, 1.82) is 0 Å². The molecule has 5 nitrogen and oxygen atoms in total. The summed E-state index contributed by atoms with van der Waals surface area (Å²) in [6, 6.07) is 12.9. The van der Waals surface area contributed by atoms with Crippen LogP contribution in [-0.4, -0.2) is 24.0 Å². The fourth-order valence-electron chi connectivity index (χ4n) is 3.20. The topological polar surface area (TPSA) is 67.4 Å². The lowest BCUT2D eigenvalue weighted by Crippen LogP contribution is -2.25. The van der Waals surface area contributed by atoms with Gasteiger partial charge in [0.05, 0.1) is 5.56 Å². The average molecular weight is 350 g/mol. The minimum absolute atomic E-state index is 0.0494. The van der Waals surface area contributed by atoms with E-state index in [4.69, 9.17) is 4.74 Å². The normalized spacial score (nSPS) is 20.8. The second-order valence-corrected chi connectivity index (χ2v) is 7.12. The van der Waals surface area contributed by atoms with Gasteiger partial charge in [0.1, 0.15) is 11.9 Å². The van der Waals surface area contributed by atoms with Crippen molar-refractivity contribution in [1.82, 2.24) is 5.32 Å². The third-order valence-electron chi connectivity index (χ3n) is 5.08. The van der Waals surface area contributed by atoms with Crippen molar-refractivity contribution >= 4 is 17.5 Å². The lowest BCUT2D eigenvalue weighted by molar-refractivity contribution is 0.0949. The molecule has 0 aromatic heterocycles. The van der Waals surface area contributed by atoms with Crippen LogP contribution in [0.3, 0.4) is 0 Å². The summed E-state index contributed by atoms with van der Waals surface area (Å²) in [5.41, 5.74) is 2.72. The summed E-state index contributed by atoms with van der Waals surface area (Å²) in [5.74, 6) is 0.581. The third-order valence-corrected chi connectivity index (χ3v) is 5.08. The van der Waals surface area contributed by atoms with Crippen LogP contribution in [0.4, 0.5) is 5.69 Å². The standard InChI is InChI=1S/C21H22N2O3/c1-12-13(2)26-19-17(12)7-4-8-18(19)21(25)23-16-6-3-5-14(11-16)20(24)22-15-9-10-15/h3-8,11-13,15H,9-10H2,1-2H3,(H,22,24)(H,23,25). The molecule has 1 fully saturated rings. The molecule has 26 heavy (non-hydrogen) atoms. The Hall–Kier alpha value is -2.82. The van der Waals surface area contributed by atoms with Crippen molar-refractivity contribution < 1.29 is 14.3 Å². The molecule has 0 bridgehead atoms. The Kier molecular flexibility index (Phi) is 4.15. The van der Waals surface area contributed by atoms with Crippen LogP contribution in [0.15, 0.2) is 42.5 Å². The van der Waals surface area contributed by atoms with Crippen LogP contribution in [0.25, 0.3) is 0 Å². The van der Waals surface area contributed by atoms with Crippen LogP contribution < -0.4 is 15.4 Å². The van der Waals surface area contributed by atoms with Gasteiger partial charge in [-0.2, -0.15) is 0 Å². The van der Waals surface area contributed by atoms with Gasteiger partial charge in [-0.05, 0) is 44.0 Å². The minimum atomic E-state index is -0.233. The molecule has 134 valence electrons. The zero-order valence-corrected chi connectivity index (χ0v) is 14.9. The number of para-hydroxylation sites is 1. The van der Waals surface area contributed by atoms with Crippen LogP contribution in [0, 0.1) is 0 Å². The number of anilines is 1. The molecular formula is C21H22N2O3. The van der Waals surface area contributed by atoms with Crippen LogP contribution in [0.5, 0.6) is 5.75 Å². The Balaban J connectivity index is 1.53. The fraction of sp³-hybridized carbons (Fsp3) is 0.333. The first kappa shape index (κ1) is 16.6. The number of carbonyl (C=O) groups excluding carboxylic acids is 2. The fourth-order valence-corrected chi connectivity index (χ4v) is 3.20. The first-order valence-corrected chi connectivity index (χ1v) is 9.05. The number of hydrogen-bond donors (Lipinski definition) is 2. The first-order chi connectivity index (χ1) is 12.5. The number of ether oxygens (including phenoxy) is 1. The molecule has 1 aliphatic carbocycles. The highest BCUT2D eigenvalue weighted by Crippen LogP contribution is 2.40. The Morgan fingerprint density at radius 2 is 1.81 bits per heavy atom. The van der Waals surface area contributed by atoms with Crippen LogP contribution >= 0.6 is 0 Å². The summed E-state index contributed by atoms with van der Waals surface area (Å²) in [4.78, 5) is 24.9. The Bertz CT molecular complexity index is 873. The lowest BCUT2D eigenvalue weighted by atomic mass is 9.97. The van der Waals surface area contributed by atoms with Crippen LogP contribution in [0.1, 0.15) is 58.9 Å². The Morgan fingerprint density at radius 1 is 1.04 bits per heavy atom. The van der Waals surface area contributed by atoms with Gasteiger partial charge in [0.15, 0.2) is 0 Å². The van der Waals surface area contributed by atoms with Crippen molar-refractivity contribution in [3.8, 4) is 5.75 Å². The summed E-state index contributed by atoms with van der Waals surface area (Å²) in [6.07, 6.45) is 2.13. The number of benzene rings is 2. The molecule has 2 unspecified atom stereocenters. The summed E-state index contributed by atoms with van der Waals surface area (Å²) in [7, 11) is 0. The molecule has 0 spiro atoms. The van der Waals surface area contributed by atoms with Gasteiger partial charge < -0.3 is 15.4 Å². The monoisotopic (exact) mass is 350 g/mol. The van der Waals surface area contributed by atoms with E-state index in [0.29, 0.717) is 28.6 Å². The average Bonchev–Trinajstić information content (AvgIpc) is 3.40. The molecule has 0 radical (unpaired) electrons. The largest absolute Gasteiger partial charge is 0.489 e. The van der Waals surface area contributed by atoms with Crippen molar-refractivity contribution in [2.24, 2.45) is 0 Å². The van der Waals surface area contributed by atoms with E-state index in [-0.39, 0.29) is 23.8 Å². The second kappa shape index (κ2) is 6.48. The molecule has 1 aliphatic heterocycles. The SMILES string of the molecule is CC1Oc2c(C(=O)Nc3cccc(C(=O)NC4CC4)c3)cccc2C1C. The zero-order chi connectivity index (χ0) is 18.3. The van der Waals surface area contributed by atoms with Gasteiger partial charge in [-0.25, -0.2) is 0 Å². The predicted molar refractivity (Wildman–Crippen MR) is 99.8 cm³/mol. The zero-order valence-electron chi connectivity index (χ0n) is 14.9. The number of amides is 2. The molecule has 2 aromatic rings. The third kappa shape index (κ3) is 3.17. The molecule has 2 N–H and O–H groups in total. The summed E-state index contributed by atoms with van der Waals surface area (Å²) >= 11 is 0. The van der Waals surface area contributed by atoms with E-state index in [1.807, 2.05) is 19.1 Å². The molecular weight excluding hydrogens is 328 g/mol. The van der Waals surface area contributed by atoms with Crippen molar-refractivity contribution in [2.75, 3.05) is 5.32 Å².